The maximum atomic E-state index is 13.1. The molecule has 2 heterocycles. The summed E-state index contributed by atoms with van der Waals surface area (Å²) in [5.41, 5.74) is 1.13. The lowest BCUT2D eigenvalue weighted by Crippen LogP contribution is -2.33. The number of imide groups is 1. The lowest BCUT2D eigenvalue weighted by atomic mass is 9.94. The summed E-state index contributed by atoms with van der Waals surface area (Å²) in [6.45, 7) is 2.68. The number of ether oxygens (including phenoxy) is 1. The van der Waals surface area contributed by atoms with Crippen molar-refractivity contribution in [3.05, 3.63) is 64.2 Å². The third-order valence-electron chi connectivity index (χ3n) is 5.05. The summed E-state index contributed by atoms with van der Waals surface area (Å²) in [5.74, 6) is -1.17. The van der Waals surface area contributed by atoms with Gasteiger partial charge in [-0.2, -0.15) is 0 Å². The summed E-state index contributed by atoms with van der Waals surface area (Å²) < 4.78 is 5.61. The molecule has 0 unspecified atom stereocenters. The SMILES string of the molecule is CCCCOc1ccc(N2C(=O)[C@H]3C(c4ccc([N+](=O)[O-])cc4)=NO[C@H]3C2=O)cc1. The standard InChI is InChI=1S/C21H19N3O6/c1-2-3-12-29-16-10-8-14(9-11-16)23-20(25)17-18(22-30-19(17)21(23)26)13-4-6-15(7-5-13)24(27)28/h4-11,17,19H,2-3,12H2,1H3/t17-,19+/m0/s1. The number of fused-ring (bicyclic) bond motifs is 1. The van der Waals surface area contributed by atoms with Crippen LogP contribution in [0.5, 0.6) is 5.75 Å². The Morgan fingerprint density at radius 3 is 2.43 bits per heavy atom. The smallest absolute Gasteiger partial charge is 0.278 e. The first-order valence-electron chi connectivity index (χ1n) is 9.60. The van der Waals surface area contributed by atoms with Crippen molar-refractivity contribution >= 4 is 28.9 Å². The first kappa shape index (κ1) is 19.6. The molecule has 9 nitrogen and oxygen atoms in total. The number of oxime groups is 1. The second-order valence-corrected chi connectivity index (χ2v) is 6.99. The minimum atomic E-state index is -1.04. The zero-order valence-electron chi connectivity index (χ0n) is 16.2. The zero-order chi connectivity index (χ0) is 21.3. The van der Waals surface area contributed by atoms with Crippen LogP contribution in [0, 0.1) is 16.0 Å². The Morgan fingerprint density at radius 2 is 1.80 bits per heavy atom. The topological polar surface area (TPSA) is 111 Å². The lowest BCUT2D eigenvalue weighted by molar-refractivity contribution is -0.384. The molecule has 2 amide bonds. The van der Waals surface area contributed by atoms with E-state index in [1.807, 2.05) is 0 Å². The van der Waals surface area contributed by atoms with Crippen LogP contribution in [0.3, 0.4) is 0 Å². The molecule has 0 aliphatic carbocycles. The summed E-state index contributed by atoms with van der Waals surface area (Å²) in [4.78, 5) is 42.5. The molecule has 0 N–H and O–H groups in total. The summed E-state index contributed by atoms with van der Waals surface area (Å²) in [7, 11) is 0. The Labute approximate surface area is 172 Å². The third-order valence-corrected chi connectivity index (χ3v) is 5.05. The molecule has 2 aliphatic heterocycles. The number of anilines is 1. The summed E-state index contributed by atoms with van der Waals surface area (Å²) >= 11 is 0. The molecule has 154 valence electrons. The molecule has 0 saturated carbocycles. The van der Waals surface area contributed by atoms with E-state index in [2.05, 4.69) is 12.1 Å². The van der Waals surface area contributed by atoms with Crippen LogP contribution in [-0.2, 0) is 14.4 Å². The number of unbranched alkanes of at least 4 members (excludes halogenated alkanes) is 1. The van der Waals surface area contributed by atoms with Crippen molar-refractivity contribution in [3.63, 3.8) is 0 Å². The van der Waals surface area contributed by atoms with Gasteiger partial charge in [0.1, 0.15) is 17.4 Å². The van der Waals surface area contributed by atoms with Crippen molar-refractivity contribution in [3.8, 4) is 5.75 Å². The molecule has 9 heteroatoms. The second-order valence-electron chi connectivity index (χ2n) is 6.99. The van der Waals surface area contributed by atoms with E-state index in [-0.39, 0.29) is 11.4 Å². The Hall–Kier alpha value is -3.75. The number of nitro groups is 1. The van der Waals surface area contributed by atoms with Crippen LogP contribution >= 0.6 is 0 Å². The molecular weight excluding hydrogens is 390 g/mol. The predicted molar refractivity (Wildman–Crippen MR) is 107 cm³/mol. The van der Waals surface area contributed by atoms with Gasteiger partial charge in [-0.15, -0.1) is 0 Å². The first-order valence-corrected chi connectivity index (χ1v) is 9.60. The van der Waals surface area contributed by atoms with E-state index < -0.39 is 28.8 Å². The highest BCUT2D eigenvalue weighted by molar-refractivity contribution is 6.32. The monoisotopic (exact) mass is 409 g/mol. The van der Waals surface area contributed by atoms with Crippen LogP contribution in [0.2, 0.25) is 0 Å². The number of non-ortho nitro benzene ring substituents is 1. The van der Waals surface area contributed by atoms with Crippen molar-refractivity contribution in [2.24, 2.45) is 11.1 Å². The highest BCUT2D eigenvalue weighted by Gasteiger charge is 2.56. The second kappa shape index (κ2) is 7.94. The molecule has 0 bridgehead atoms. The van der Waals surface area contributed by atoms with Gasteiger partial charge >= 0.3 is 0 Å². The average Bonchev–Trinajstić information content (AvgIpc) is 3.29. The Morgan fingerprint density at radius 1 is 1.10 bits per heavy atom. The molecule has 0 aromatic heterocycles. The molecule has 1 saturated heterocycles. The quantitative estimate of drug-likeness (QED) is 0.301. The molecule has 4 rings (SSSR count). The molecule has 2 aromatic carbocycles. The van der Waals surface area contributed by atoms with Crippen LogP contribution in [0.15, 0.2) is 53.7 Å². The van der Waals surface area contributed by atoms with Crippen molar-refractivity contribution in [1.29, 1.82) is 0 Å². The molecule has 0 spiro atoms. The van der Waals surface area contributed by atoms with Crippen LogP contribution in [0.4, 0.5) is 11.4 Å². The van der Waals surface area contributed by atoms with Crippen LogP contribution in [0.25, 0.3) is 0 Å². The van der Waals surface area contributed by atoms with Gasteiger partial charge in [0.05, 0.1) is 17.2 Å². The number of hydrogen-bond donors (Lipinski definition) is 0. The van der Waals surface area contributed by atoms with Crippen molar-refractivity contribution in [2.75, 3.05) is 11.5 Å². The van der Waals surface area contributed by atoms with Gasteiger partial charge in [-0.05, 0) is 42.8 Å². The van der Waals surface area contributed by atoms with Gasteiger partial charge in [-0.1, -0.05) is 18.5 Å². The highest BCUT2D eigenvalue weighted by Crippen LogP contribution is 2.35. The Balaban J connectivity index is 1.54. The van der Waals surface area contributed by atoms with Crippen LogP contribution in [-0.4, -0.2) is 35.2 Å². The van der Waals surface area contributed by atoms with Crippen LogP contribution < -0.4 is 9.64 Å². The van der Waals surface area contributed by atoms with Gasteiger partial charge in [0, 0.05) is 17.7 Å². The molecule has 2 aliphatic rings. The largest absolute Gasteiger partial charge is 0.494 e. The van der Waals surface area contributed by atoms with Crippen molar-refractivity contribution in [2.45, 2.75) is 25.9 Å². The number of carbonyl (C=O) groups is 2. The number of carbonyl (C=O) groups excluding carboxylic acids is 2. The summed E-state index contributed by atoms with van der Waals surface area (Å²) in [6, 6.07) is 12.4. The predicted octanol–water partition coefficient (Wildman–Crippen LogP) is 3.07. The molecule has 2 atom stereocenters. The molecular formula is C21H19N3O6. The molecule has 0 radical (unpaired) electrons. The number of nitro benzene ring substituents is 1. The molecule has 30 heavy (non-hydrogen) atoms. The fraction of sp³-hybridized carbons (Fsp3) is 0.286. The van der Waals surface area contributed by atoms with Crippen molar-refractivity contribution < 1.29 is 24.1 Å². The maximum absolute atomic E-state index is 13.1. The van der Waals surface area contributed by atoms with E-state index in [0.29, 0.717) is 23.6 Å². The minimum Gasteiger partial charge on any atom is -0.494 e. The molecule has 2 aromatic rings. The van der Waals surface area contributed by atoms with E-state index in [1.165, 1.54) is 24.3 Å². The molecule has 1 fully saturated rings. The first-order chi connectivity index (χ1) is 14.5. The van der Waals surface area contributed by atoms with Gasteiger partial charge in [0.15, 0.2) is 0 Å². The van der Waals surface area contributed by atoms with E-state index in [9.17, 15) is 19.7 Å². The number of nitrogens with zero attached hydrogens (tertiary/aromatic N) is 3. The Kier molecular flexibility index (Phi) is 5.18. The Bertz CT molecular complexity index is 1020. The normalized spacial score (nSPS) is 20.0. The van der Waals surface area contributed by atoms with Gasteiger partial charge in [0.25, 0.3) is 11.6 Å². The van der Waals surface area contributed by atoms with E-state index in [4.69, 9.17) is 9.57 Å². The fourth-order valence-corrected chi connectivity index (χ4v) is 3.45. The van der Waals surface area contributed by atoms with Gasteiger partial charge in [-0.3, -0.25) is 19.7 Å². The number of rotatable bonds is 7. The average molecular weight is 409 g/mol. The number of amides is 2. The third kappa shape index (κ3) is 3.38. The lowest BCUT2D eigenvalue weighted by Gasteiger charge is -2.16. The maximum Gasteiger partial charge on any atom is 0.278 e. The minimum absolute atomic E-state index is 0.0773. The highest BCUT2D eigenvalue weighted by atomic mass is 16.7. The van der Waals surface area contributed by atoms with Gasteiger partial charge in [-0.25, -0.2) is 4.90 Å². The zero-order valence-corrected chi connectivity index (χ0v) is 16.2. The van der Waals surface area contributed by atoms with Crippen molar-refractivity contribution in [1.82, 2.24) is 0 Å². The van der Waals surface area contributed by atoms with E-state index in [1.54, 1.807) is 24.3 Å². The van der Waals surface area contributed by atoms with E-state index >= 15 is 0 Å². The van der Waals surface area contributed by atoms with E-state index in [0.717, 1.165) is 17.7 Å². The van der Waals surface area contributed by atoms with Gasteiger partial charge in [0.2, 0.25) is 12.0 Å². The summed E-state index contributed by atoms with van der Waals surface area (Å²) in [6.07, 6.45) is 0.926. The number of hydrogen-bond acceptors (Lipinski definition) is 7. The fourth-order valence-electron chi connectivity index (χ4n) is 3.45. The number of benzene rings is 2. The summed E-state index contributed by atoms with van der Waals surface area (Å²) in [5, 5.41) is 14.8. The van der Waals surface area contributed by atoms with Crippen LogP contribution in [0.1, 0.15) is 25.3 Å². The van der Waals surface area contributed by atoms with Gasteiger partial charge < -0.3 is 9.57 Å².